The molecule has 0 aromatic carbocycles. The maximum Gasteiger partial charge on any atom is 0.0587 e. The second-order valence-corrected chi connectivity index (χ2v) is 3.16. The van der Waals surface area contributed by atoms with Gasteiger partial charge in [0, 0.05) is 18.3 Å². The third-order valence-corrected chi connectivity index (χ3v) is 1.74. The van der Waals surface area contributed by atoms with Crippen LogP contribution in [-0.4, -0.2) is 30.1 Å². The fraction of sp³-hybridized carbons (Fsp3) is 1.00. The molecule has 3 heteroatoms. The van der Waals surface area contributed by atoms with E-state index in [9.17, 15) is 0 Å². The molecule has 0 aliphatic rings. The summed E-state index contributed by atoms with van der Waals surface area (Å²) in [6.45, 7) is 5.26. The highest BCUT2D eigenvalue weighted by molar-refractivity contribution is 7.80. The topological polar surface area (TPSA) is 32.3 Å². The summed E-state index contributed by atoms with van der Waals surface area (Å²) in [6.07, 6.45) is 0. The zero-order valence-corrected chi connectivity index (χ0v) is 7.56. The van der Waals surface area contributed by atoms with E-state index in [1.165, 1.54) is 0 Å². The summed E-state index contributed by atoms with van der Waals surface area (Å²) in [5, 5.41) is 12.0. The molecule has 0 fully saturated rings. The molecule has 0 saturated carbocycles. The molecular formula is C7H17NOS. The SMILES string of the molecule is CC(C)C(CO)NCCS. The number of hydrogen-bond acceptors (Lipinski definition) is 3. The number of thiol groups is 1. The fourth-order valence-electron chi connectivity index (χ4n) is 0.761. The second-order valence-electron chi connectivity index (χ2n) is 2.71. The van der Waals surface area contributed by atoms with Gasteiger partial charge in [-0.3, -0.25) is 0 Å². The van der Waals surface area contributed by atoms with Gasteiger partial charge in [0.25, 0.3) is 0 Å². The van der Waals surface area contributed by atoms with E-state index in [2.05, 4.69) is 31.8 Å². The van der Waals surface area contributed by atoms with E-state index in [0.29, 0.717) is 5.92 Å². The van der Waals surface area contributed by atoms with Crippen LogP contribution in [0, 0.1) is 5.92 Å². The van der Waals surface area contributed by atoms with Gasteiger partial charge in [-0.2, -0.15) is 12.6 Å². The normalized spacial score (nSPS) is 14.1. The van der Waals surface area contributed by atoms with Crippen molar-refractivity contribution in [3.8, 4) is 0 Å². The van der Waals surface area contributed by atoms with Crippen LogP contribution >= 0.6 is 12.6 Å². The van der Waals surface area contributed by atoms with Crippen molar-refractivity contribution in [2.24, 2.45) is 5.92 Å². The molecule has 0 aromatic rings. The van der Waals surface area contributed by atoms with Crippen LogP contribution in [0.5, 0.6) is 0 Å². The van der Waals surface area contributed by atoms with Gasteiger partial charge in [-0.1, -0.05) is 13.8 Å². The molecule has 0 spiro atoms. The molecule has 0 bridgehead atoms. The molecule has 2 N–H and O–H groups in total. The molecule has 0 saturated heterocycles. The molecule has 10 heavy (non-hydrogen) atoms. The highest BCUT2D eigenvalue weighted by Crippen LogP contribution is 1.99. The van der Waals surface area contributed by atoms with Crippen LogP contribution in [0.3, 0.4) is 0 Å². The number of nitrogens with one attached hydrogen (secondary N) is 1. The number of aliphatic hydroxyl groups is 1. The van der Waals surface area contributed by atoms with Gasteiger partial charge in [-0.05, 0) is 5.92 Å². The zero-order chi connectivity index (χ0) is 7.98. The van der Waals surface area contributed by atoms with E-state index in [1.54, 1.807) is 0 Å². The van der Waals surface area contributed by atoms with Crippen LogP contribution in [0.15, 0.2) is 0 Å². The van der Waals surface area contributed by atoms with Crippen molar-refractivity contribution in [3.05, 3.63) is 0 Å². The average molecular weight is 163 g/mol. The largest absolute Gasteiger partial charge is 0.395 e. The number of aliphatic hydroxyl groups excluding tert-OH is 1. The first-order chi connectivity index (χ1) is 4.72. The molecule has 0 aliphatic heterocycles. The summed E-state index contributed by atoms with van der Waals surface area (Å²) in [5.41, 5.74) is 0. The number of rotatable bonds is 5. The predicted molar refractivity (Wildman–Crippen MR) is 47.6 cm³/mol. The Morgan fingerprint density at radius 3 is 2.40 bits per heavy atom. The van der Waals surface area contributed by atoms with Crippen LogP contribution in [0.2, 0.25) is 0 Å². The second kappa shape index (κ2) is 6.01. The van der Waals surface area contributed by atoms with Crippen molar-refractivity contribution in [1.29, 1.82) is 0 Å². The summed E-state index contributed by atoms with van der Waals surface area (Å²) in [4.78, 5) is 0. The molecule has 1 unspecified atom stereocenters. The highest BCUT2D eigenvalue weighted by atomic mass is 32.1. The Hall–Kier alpha value is 0.270. The monoisotopic (exact) mass is 163 g/mol. The van der Waals surface area contributed by atoms with E-state index in [1.807, 2.05) is 0 Å². The van der Waals surface area contributed by atoms with E-state index in [-0.39, 0.29) is 12.6 Å². The maximum atomic E-state index is 8.84. The minimum absolute atomic E-state index is 0.214. The van der Waals surface area contributed by atoms with Crippen molar-refractivity contribution in [2.45, 2.75) is 19.9 Å². The Labute approximate surface area is 68.4 Å². The van der Waals surface area contributed by atoms with Crippen LogP contribution in [0.1, 0.15) is 13.8 Å². The van der Waals surface area contributed by atoms with Gasteiger partial charge in [0.2, 0.25) is 0 Å². The molecule has 0 aromatic heterocycles. The van der Waals surface area contributed by atoms with Crippen molar-refractivity contribution < 1.29 is 5.11 Å². The van der Waals surface area contributed by atoms with E-state index in [0.717, 1.165) is 12.3 Å². The Kier molecular flexibility index (Phi) is 6.17. The molecule has 1 atom stereocenters. The van der Waals surface area contributed by atoms with Gasteiger partial charge in [0.15, 0.2) is 0 Å². The van der Waals surface area contributed by atoms with Crippen molar-refractivity contribution >= 4 is 12.6 Å². The smallest absolute Gasteiger partial charge is 0.0587 e. The van der Waals surface area contributed by atoms with Crippen LogP contribution in [0.25, 0.3) is 0 Å². The Balaban J connectivity index is 3.40. The molecule has 2 nitrogen and oxygen atoms in total. The lowest BCUT2D eigenvalue weighted by Gasteiger charge is -2.18. The minimum atomic E-state index is 0.214. The Bertz CT molecular complexity index is 78.0. The molecular weight excluding hydrogens is 146 g/mol. The third kappa shape index (κ3) is 4.14. The summed E-state index contributed by atoms with van der Waals surface area (Å²) in [6, 6.07) is 0.229. The molecule has 0 heterocycles. The van der Waals surface area contributed by atoms with Gasteiger partial charge in [0.05, 0.1) is 6.61 Å². The lowest BCUT2D eigenvalue weighted by atomic mass is 10.1. The maximum absolute atomic E-state index is 8.84. The first-order valence-electron chi connectivity index (χ1n) is 3.67. The van der Waals surface area contributed by atoms with Gasteiger partial charge in [-0.15, -0.1) is 0 Å². The van der Waals surface area contributed by atoms with Gasteiger partial charge in [0.1, 0.15) is 0 Å². The highest BCUT2D eigenvalue weighted by Gasteiger charge is 2.09. The van der Waals surface area contributed by atoms with Gasteiger partial charge < -0.3 is 10.4 Å². The van der Waals surface area contributed by atoms with Crippen LogP contribution in [-0.2, 0) is 0 Å². The summed E-state index contributed by atoms with van der Waals surface area (Å²) in [5.74, 6) is 1.31. The molecule has 0 amide bonds. The standard InChI is InChI=1S/C7H17NOS/c1-6(2)7(5-9)8-3-4-10/h6-10H,3-5H2,1-2H3. The van der Waals surface area contributed by atoms with Crippen molar-refractivity contribution in [1.82, 2.24) is 5.32 Å². The first-order valence-corrected chi connectivity index (χ1v) is 4.30. The minimum Gasteiger partial charge on any atom is -0.395 e. The molecule has 0 aliphatic carbocycles. The third-order valence-electron chi connectivity index (χ3n) is 1.52. The van der Waals surface area contributed by atoms with Crippen molar-refractivity contribution in [3.63, 3.8) is 0 Å². The van der Waals surface area contributed by atoms with Crippen LogP contribution < -0.4 is 5.32 Å². The zero-order valence-electron chi connectivity index (χ0n) is 6.67. The number of hydrogen-bond donors (Lipinski definition) is 3. The Morgan fingerprint density at radius 2 is 2.10 bits per heavy atom. The lowest BCUT2D eigenvalue weighted by Crippen LogP contribution is -2.38. The molecule has 62 valence electrons. The quantitative estimate of drug-likeness (QED) is 0.516. The van der Waals surface area contributed by atoms with E-state index < -0.39 is 0 Å². The van der Waals surface area contributed by atoms with Gasteiger partial charge in [-0.25, -0.2) is 0 Å². The van der Waals surface area contributed by atoms with Gasteiger partial charge >= 0.3 is 0 Å². The summed E-state index contributed by atoms with van der Waals surface area (Å²) < 4.78 is 0. The summed E-state index contributed by atoms with van der Waals surface area (Å²) in [7, 11) is 0. The molecule has 0 rings (SSSR count). The van der Waals surface area contributed by atoms with E-state index in [4.69, 9.17) is 5.11 Å². The van der Waals surface area contributed by atoms with Crippen molar-refractivity contribution in [2.75, 3.05) is 18.9 Å². The van der Waals surface area contributed by atoms with E-state index >= 15 is 0 Å². The van der Waals surface area contributed by atoms with Crippen LogP contribution in [0.4, 0.5) is 0 Å². The average Bonchev–Trinajstić information content (AvgIpc) is 1.89. The predicted octanol–water partition coefficient (Wildman–Crippen LogP) is 0.523. The fourth-order valence-corrected chi connectivity index (χ4v) is 0.890. The Morgan fingerprint density at radius 1 is 1.50 bits per heavy atom. The molecule has 0 radical (unpaired) electrons. The summed E-state index contributed by atoms with van der Waals surface area (Å²) >= 11 is 4.06. The first kappa shape index (κ1) is 10.3. The lowest BCUT2D eigenvalue weighted by molar-refractivity contribution is 0.213.